The number of likely N-dealkylation sites (N-methyl/N-ethyl adjacent to an activating group) is 1. The summed E-state index contributed by atoms with van der Waals surface area (Å²) < 4.78 is 1.90. The number of hydrogen-bond acceptors (Lipinski definition) is 8. The molecule has 0 radical (unpaired) electrons. The standard InChI is InChI=1S/C22H27N5O4S2/c1-4-24-8-10-25(11-9-24)19-15(14(3)16(13-23)20(30)26(19)5-2)12-17-21(31)27(22(32)33-17)7-6-18(28)29/h12H,4-11H2,1-3H3,(H,28,29). The fourth-order valence-corrected chi connectivity index (χ4v) is 5.38. The van der Waals surface area contributed by atoms with Crippen LogP contribution in [0.15, 0.2) is 9.70 Å². The molecule has 11 heteroatoms. The van der Waals surface area contributed by atoms with E-state index < -0.39 is 5.97 Å². The smallest absolute Gasteiger partial charge is 0.305 e. The van der Waals surface area contributed by atoms with E-state index in [-0.39, 0.29) is 30.0 Å². The fourth-order valence-electron chi connectivity index (χ4n) is 4.09. The molecule has 3 heterocycles. The summed E-state index contributed by atoms with van der Waals surface area (Å²) in [4.78, 5) is 43.1. The number of aliphatic carboxylic acids is 1. The van der Waals surface area contributed by atoms with E-state index in [0.717, 1.165) is 44.5 Å². The van der Waals surface area contributed by atoms with Crippen molar-refractivity contribution in [3.63, 3.8) is 0 Å². The Kier molecular flexibility index (Phi) is 7.94. The number of carboxylic acid groups (broad SMARTS) is 1. The van der Waals surface area contributed by atoms with E-state index in [0.29, 0.717) is 32.7 Å². The lowest BCUT2D eigenvalue weighted by atomic mass is 10.0. The van der Waals surface area contributed by atoms with Gasteiger partial charge >= 0.3 is 5.97 Å². The largest absolute Gasteiger partial charge is 0.481 e. The second kappa shape index (κ2) is 10.5. The van der Waals surface area contributed by atoms with Crippen molar-refractivity contribution in [2.45, 2.75) is 33.7 Å². The maximum absolute atomic E-state index is 13.1. The number of thioether (sulfide) groups is 1. The van der Waals surface area contributed by atoms with Crippen molar-refractivity contribution in [2.75, 3.05) is 44.2 Å². The van der Waals surface area contributed by atoms with Gasteiger partial charge in [0, 0.05) is 44.8 Å². The fraction of sp³-hybridized carbons (Fsp3) is 0.500. The molecular formula is C22H27N5O4S2. The first-order valence-electron chi connectivity index (χ1n) is 10.8. The number of nitrogens with zero attached hydrogens (tertiary/aromatic N) is 5. The number of carboxylic acids is 1. The number of hydrogen-bond donors (Lipinski definition) is 1. The minimum atomic E-state index is -1.01. The third-order valence-electron chi connectivity index (χ3n) is 5.98. The molecule has 0 aliphatic carbocycles. The monoisotopic (exact) mass is 489 g/mol. The second-order valence-electron chi connectivity index (χ2n) is 7.80. The Balaban J connectivity index is 2.12. The molecule has 1 amide bonds. The predicted molar refractivity (Wildman–Crippen MR) is 132 cm³/mol. The Morgan fingerprint density at radius 1 is 1.21 bits per heavy atom. The Bertz CT molecular complexity index is 1110. The van der Waals surface area contributed by atoms with Crippen molar-refractivity contribution in [2.24, 2.45) is 0 Å². The lowest BCUT2D eigenvalue weighted by Crippen LogP contribution is -2.48. The van der Waals surface area contributed by atoms with Crippen LogP contribution in [0.25, 0.3) is 6.08 Å². The first-order valence-corrected chi connectivity index (χ1v) is 12.1. The molecule has 2 aliphatic heterocycles. The highest BCUT2D eigenvalue weighted by molar-refractivity contribution is 8.26. The van der Waals surface area contributed by atoms with Crippen molar-refractivity contribution in [1.29, 1.82) is 5.26 Å². The summed E-state index contributed by atoms with van der Waals surface area (Å²) in [5.41, 5.74) is 0.893. The highest BCUT2D eigenvalue weighted by Crippen LogP contribution is 2.36. The normalized spacial score (nSPS) is 18.3. The van der Waals surface area contributed by atoms with Crippen LogP contribution < -0.4 is 10.5 Å². The van der Waals surface area contributed by atoms with Gasteiger partial charge in [0.1, 0.15) is 21.8 Å². The quantitative estimate of drug-likeness (QED) is 0.453. The van der Waals surface area contributed by atoms with Crippen LogP contribution in [0.2, 0.25) is 0 Å². The van der Waals surface area contributed by atoms with Crippen LogP contribution in [0, 0.1) is 18.3 Å². The number of rotatable bonds is 7. The third-order valence-corrected chi connectivity index (χ3v) is 7.36. The van der Waals surface area contributed by atoms with Crippen LogP contribution in [0.5, 0.6) is 0 Å². The summed E-state index contributed by atoms with van der Waals surface area (Å²) >= 11 is 6.42. The van der Waals surface area contributed by atoms with Crippen LogP contribution >= 0.6 is 24.0 Å². The van der Waals surface area contributed by atoms with Crippen molar-refractivity contribution in [1.82, 2.24) is 14.4 Å². The van der Waals surface area contributed by atoms with E-state index >= 15 is 0 Å². The van der Waals surface area contributed by atoms with Crippen LogP contribution in [0.1, 0.15) is 37.0 Å². The van der Waals surface area contributed by atoms with Gasteiger partial charge in [-0.05, 0) is 32.0 Å². The van der Waals surface area contributed by atoms with E-state index in [2.05, 4.69) is 16.7 Å². The molecule has 0 atom stereocenters. The first kappa shape index (κ1) is 25.0. The average molecular weight is 490 g/mol. The van der Waals surface area contributed by atoms with E-state index in [1.165, 1.54) is 4.90 Å². The Morgan fingerprint density at radius 2 is 1.88 bits per heavy atom. The topological polar surface area (TPSA) is 110 Å². The van der Waals surface area contributed by atoms with Crippen LogP contribution in [0.3, 0.4) is 0 Å². The van der Waals surface area contributed by atoms with Gasteiger partial charge in [0.2, 0.25) is 0 Å². The zero-order valence-electron chi connectivity index (χ0n) is 19.0. The third kappa shape index (κ3) is 4.98. The molecule has 0 spiro atoms. The maximum atomic E-state index is 13.1. The van der Waals surface area contributed by atoms with Gasteiger partial charge in [-0.2, -0.15) is 5.26 Å². The molecule has 2 aliphatic rings. The molecule has 0 unspecified atom stereocenters. The zero-order valence-corrected chi connectivity index (χ0v) is 20.6. The SMILES string of the molecule is CCN1CCN(c2c(C=C3SC(=S)N(CCC(=O)O)C3=O)c(C)c(C#N)c(=O)n2CC)CC1. The molecule has 3 rings (SSSR count). The molecule has 0 saturated carbocycles. The summed E-state index contributed by atoms with van der Waals surface area (Å²) in [5.74, 6) is -0.670. The summed E-state index contributed by atoms with van der Waals surface area (Å²) in [6, 6.07) is 2.03. The van der Waals surface area contributed by atoms with Gasteiger partial charge in [0.25, 0.3) is 11.5 Å². The number of amides is 1. The lowest BCUT2D eigenvalue weighted by molar-refractivity contribution is -0.137. The van der Waals surface area contributed by atoms with Crippen LogP contribution in [-0.4, -0.2) is 74.9 Å². The summed E-state index contributed by atoms with van der Waals surface area (Å²) in [5, 5.41) is 18.6. The molecule has 0 bridgehead atoms. The van der Waals surface area contributed by atoms with Gasteiger partial charge in [-0.25, -0.2) is 0 Å². The Hall–Kier alpha value is -2.68. The summed E-state index contributed by atoms with van der Waals surface area (Å²) in [6.45, 7) is 10.2. The number of aromatic nitrogens is 1. The molecular weight excluding hydrogens is 462 g/mol. The summed E-state index contributed by atoms with van der Waals surface area (Å²) in [7, 11) is 0. The van der Waals surface area contributed by atoms with Crippen molar-refractivity contribution >= 4 is 52.1 Å². The van der Waals surface area contributed by atoms with Crippen molar-refractivity contribution in [3.05, 3.63) is 31.9 Å². The zero-order chi connectivity index (χ0) is 24.3. The number of thiocarbonyl (C=S) groups is 1. The molecule has 0 aromatic carbocycles. The van der Waals surface area contributed by atoms with Crippen molar-refractivity contribution < 1.29 is 14.7 Å². The minimum absolute atomic E-state index is 0.0000597. The number of carbonyl (C=O) groups is 2. The lowest BCUT2D eigenvalue weighted by Gasteiger charge is -2.37. The Labute approximate surface area is 202 Å². The Morgan fingerprint density at radius 3 is 2.42 bits per heavy atom. The molecule has 33 heavy (non-hydrogen) atoms. The average Bonchev–Trinajstić information content (AvgIpc) is 3.06. The van der Waals surface area contributed by atoms with Crippen LogP contribution in [-0.2, 0) is 16.1 Å². The number of nitriles is 1. The molecule has 9 nitrogen and oxygen atoms in total. The minimum Gasteiger partial charge on any atom is -0.481 e. The number of anilines is 1. The maximum Gasteiger partial charge on any atom is 0.305 e. The van der Waals surface area contributed by atoms with E-state index in [4.69, 9.17) is 17.3 Å². The molecule has 1 N–H and O–H groups in total. The molecule has 176 valence electrons. The van der Waals surface area contributed by atoms with E-state index in [1.807, 2.05) is 13.0 Å². The van der Waals surface area contributed by atoms with Gasteiger partial charge in [0.05, 0.1) is 11.3 Å². The van der Waals surface area contributed by atoms with Gasteiger partial charge < -0.3 is 14.9 Å². The summed E-state index contributed by atoms with van der Waals surface area (Å²) in [6.07, 6.45) is 1.49. The van der Waals surface area contributed by atoms with Gasteiger partial charge in [0.15, 0.2) is 0 Å². The first-order chi connectivity index (χ1) is 15.7. The number of pyridine rings is 1. The molecule has 2 saturated heterocycles. The molecule has 1 aromatic rings. The number of piperazine rings is 1. The van der Waals surface area contributed by atoms with Crippen molar-refractivity contribution in [3.8, 4) is 6.07 Å². The second-order valence-corrected chi connectivity index (χ2v) is 9.47. The van der Waals surface area contributed by atoms with E-state index in [9.17, 15) is 19.6 Å². The van der Waals surface area contributed by atoms with E-state index in [1.54, 1.807) is 17.6 Å². The highest BCUT2D eigenvalue weighted by Gasteiger charge is 2.33. The van der Waals surface area contributed by atoms with Gasteiger partial charge in [-0.3, -0.25) is 23.9 Å². The van der Waals surface area contributed by atoms with Gasteiger partial charge in [-0.15, -0.1) is 0 Å². The predicted octanol–water partition coefficient (Wildman–Crippen LogP) is 1.87. The molecule has 1 aromatic heterocycles. The number of carbonyl (C=O) groups excluding carboxylic acids is 1. The molecule has 2 fully saturated rings. The highest BCUT2D eigenvalue weighted by atomic mass is 32.2. The van der Waals surface area contributed by atoms with Gasteiger partial charge in [-0.1, -0.05) is 30.9 Å². The van der Waals surface area contributed by atoms with Crippen LogP contribution in [0.4, 0.5) is 5.82 Å².